The highest BCUT2D eigenvalue weighted by molar-refractivity contribution is 7.89. The zero-order valence-electron chi connectivity index (χ0n) is 17.4. The Morgan fingerprint density at radius 3 is 2.23 bits per heavy atom. The Hall–Kier alpha value is -2.71. The van der Waals surface area contributed by atoms with Gasteiger partial charge in [0.2, 0.25) is 15.9 Å². The van der Waals surface area contributed by atoms with E-state index in [0.717, 1.165) is 25.9 Å². The van der Waals surface area contributed by atoms with Crippen molar-refractivity contribution in [3.63, 3.8) is 0 Å². The van der Waals surface area contributed by atoms with Crippen LogP contribution in [0, 0.1) is 5.92 Å². The van der Waals surface area contributed by atoms with Crippen LogP contribution < -0.4 is 5.32 Å². The van der Waals surface area contributed by atoms with E-state index >= 15 is 0 Å². The fourth-order valence-corrected chi connectivity index (χ4v) is 5.70. The Labute approximate surface area is 183 Å². The van der Waals surface area contributed by atoms with E-state index in [1.807, 2.05) is 4.90 Å². The van der Waals surface area contributed by atoms with Crippen LogP contribution in [0.3, 0.4) is 0 Å². The number of sulfonamides is 1. The van der Waals surface area contributed by atoms with Crippen molar-refractivity contribution in [1.82, 2.24) is 9.21 Å². The number of carbonyl (C=O) groups is 2. The molecule has 4 rings (SSSR count). The van der Waals surface area contributed by atoms with Crippen molar-refractivity contribution in [3.05, 3.63) is 60.2 Å². The quantitative estimate of drug-likeness (QED) is 0.773. The average molecular weight is 442 g/mol. The molecule has 1 atom stereocenters. The van der Waals surface area contributed by atoms with Crippen molar-refractivity contribution in [2.75, 3.05) is 31.5 Å². The lowest BCUT2D eigenvalue weighted by molar-refractivity contribution is -0.120. The zero-order valence-corrected chi connectivity index (χ0v) is 18.2. The summed E-state index contributed by atoms with van der Waals surface area (Å²) in [5.41, 5.74) is 1.21. The van der Waals surface area contributed by atoms with Crippen molar-refractivity contribution in [1.29, 1.82) is 0 Å². The van der Waals surface area contributed by atoms with Crippen molar-refractivity contribution in [2.45, 2.75) is 30.6 Å². The Balaban J connectivity index is 1.38. The molecule has 1 N–H and O–H groups in total. The summed E-state index contributed by atoms with van der Waals surface area (Å²) in [7, 11) is -3.61. The number of likely N-dealkylation sites (tertiary alicyclic amines) is 1. The van der Waals surface area contributed by atoms with Gasteiger partial charge in [0.05, 0.1) is 10.8 Å². The number of nitrogens with one attached hydrogen (secondary N) is 1. The molecule has 0 aliphatic carbocycles. The van der Waals surface area contributed by atoms with Crippen LogP contribution in [-0.4, -0.2) is 55.6 Å². The highest BCUT2D eigenvalue weighted by Crippen LogP contribution is 2.25. The molecule has 0 saturated carbocycles. The van der Waals surface area contributed by atoms with Crippen molar-refractivity contribution in [2.24, 2.45) is 5.92 Å². The third-order valence-electron chi connectivity index (χ3n) is 5.93. The molecule has 0 aromatic heterocycles. The van der Waals surface area contributed by atoms with Crippen molar-refractivity contribution < 1.29 is 18.0 Å². The molecule has 164 valence electrons. The Bertz CT molecular complexity index is 1030. The van der Waals surface area contributed by atoms with E-state index in [1.54, 1.807) is 54.6 Å². The number of anilines is 1. The third-order valence-corrected chi connectivity index (χ3v) is 7.81. The van der Waals surface area contributed by atoms with E-state index in [4.69, 9.17) is 0 Å². The number of carbonyl (C=O) groups excluding carboxylic acids is 2. The van der Waals surface area contributed by atoms with E-state index < -0.39 is 15.9 Å². The molecule has 2 aliphatic heterocycles. The number of hydrogen-bond donors (Lipinski definition) is 1. The first-order valence-electron chi connectivity index (χ1n) is 10.7. The Morgan fingerprint density at radius 2 is 1.55 bits per heavy atom. The van der Waals surface area contributed by atoms with Gasteiger partial charge >= 0.3 is 0 Å². The van der Waals surface area contributed by atoms with Crippen LogP contribution in [0.25, 0.3) is 0 Å². The van der Waals surface area contributed by atoms with Crippen molar-refractivity contribution >= 4 is 27.5 Å². The molecule has 0 radical (unpaired) electrons. The summed E-state index contributed by atoms with van der Waals surface area (Å²) >= 11 is 0. The van der Waals surface area contributed by atoms with E-state index in [1.165, 1.54) is 4.31 Å². The molecule has 8 heteroatoms. The first-order chi connectivity index (χ1) is 14.9. The van der Waals surface area contributed by atoms with E-state index in [-0.39, 0.29) is 23.3 Å². The lowest BCUT2D eigenvalue weighted by atomic mass is 9.98. The maximum Gasteiger partial charge on any atom is 0.253 e. The SMILES string of the molecule is O=C(Nc1ccc(C(=O)N2CCCC2)cc1)C1CCCN(S(=O)(=O)c2ccccc2)C1. The van der Waals surface area contributed by atoms with E-state index in [2.05, 4.69) is 5.32 Å². The maximum atomic E-state index is 12.9. The maximum absolute atomic E-state index is 12.9. The fraction of sp³-hybridized carbons (Fsp3) is 0.391. The lowest BCUT2D eigenvalue weighted by Gasteiger charge is -2.31. The highest BCUT2D eigenvalue weighted by atomic mass is 32.2. The number of amides is 2. The van der Waals surface area contributed by atoms with Crippen LogP contribution in [-0.2, 0) is 14.8 Å². The molecular formula is C23H27N3O4S. The summed E-state index contributed by atoms with van der Waals surface area (Å²) in [5, 5.41) is 2.87. The van der Waals surface area contributed by atoms with Gasteiger partial charge < -0.3 is 10.2 Å². The molecule has 2 saturated heterocycles. The van der Waals surface area contributed by atoms with Crippen molar-refractivity contribution in [3.8, 4) is 0 Å². The van der Waals surface area contributed by atoms with Crippen LogP contribution in [0.2, 0.25) is 0 Å². The van der Waals surface area contributed by atoms with Gasteiger partial charge in [0, 0.05) is 37.4 Å². The molecule has 31 heavy (non-hydrogen) atoms. The predicted octanol–water partition coefficient (Wildman–Crippen LogP) is 2.96. The number of rotatable bonds is 5. The van der Waals surface area contributed by atoms with Gasteiger partial charge in [-0.3, -0.25) is 9.59 Å². The molecule has 2 heterocycles. The van der Waals surface area contributed by atoms with Gasteiger partial charge in [0.1, 0.15) is 0 Å². The van der Waals surface area contributed by atoms with Gasteiger partial charge in [-0.1, -0.05) is 18.2 Å². The second-order valence-corrected chi connectivity index (χ2v) is 10.0. The second kappa shape index (κ2) is 9.20. The molecule has 1 unspecified atom stereocenters. The Morgan fingerprint density at radius 1 is 0.871 bits per heavy atom. The van der Waals surface area contributed by atoms with Gasteiger partial charge in [-0.25, -0.2) is 8.42 Å². The molecule has 2 aromatic rings. The van der Waals surface area contributed by atoms with Gasteiger partial charge in [-0.2, -0.15) is 4.31 Å². The molecular weight excluding hydrogens is 414 g/mol. The van der Waals surface area contributed by atoms with Gasteiger partial charge in [-0.15, -0.1) is 0 Å². The summed E-state index contributed by atoms with van der Waals surface area (Å²) in [6, 6.07) is 15.2. The summed E-state index contributed by atoms with van der Waals surface area (Å²) in [6.07, 6.45) is 3.35. The first-order valence-corrected chi connectivity index (χ1v) is 12.1. The van der Waals surface area contributed by atoms with Gasteiger partial charge in [0.15, 0.2) is 0 Å². The summed E-state index contributed by atoms with van der Waals surface area (Å²) in [6.45, 7) is 2.16. The highest BCUT2D eigenvalue weighted by Gasteiger charge is 2.33. The fourth-order valence-electron chi connectivity index (χ4n) is 4.16. The number of hydrogen-bond acceptors (Lipinski definition) is 4. The smallest absolute Gasteiger partial charge is 0.253 e. The average Bonchev–Trinajstić information content (AvgIpc) is 3.35. The second-order valence-electron chi connectivity index (χ2n) is 8.08. The topological polar surface area (TPSA) is 86.8 Å². The molecule has 0 spiro atoms. The predicted molar refractivity (Wildman–Crippen MR) is 118 cm³/mol. The molecule has 7 nitrogen and oxygen atoms in total. The van der Waals surface area contributed by atoms with Crippen LogP contribution in [0.15, 0.2) is 59.5 Å². The molecule has 2 aliphatic rings. The monoisotopic (exact) mass is 441 g/mol. The largest absolute Gasteiger partial charge is 0.339 e. The summed E-state index contributed by atoms with van der Waals surface area (Å²) < 4.78 is 27.2. The van der Waals surface area contributed by atoms with Crippen LogP contribution in [0.4, 0.5) is 5.69 Å². The minimum absolute atomic E-state index is 0.0180. The molecule has 2 aromatic carbocycles. The summed E-state index contributed by atoms with van der Waals surface area (Å²) in [4.78, 5) is 27.3. The normalized spacial score (nSPS) is 19.9. The zero-order chi connectivity index (χ0) is 21.8. The standard InChI is InChI=1S/C23H27N3O4S/c27-22(24-20-12-10-18(11-13-20)23(28)25-14-4-5-15-25)19-7-6-16-26(17-19)31(29,30)21-8-2-1-3-9-21/h1-3,8-13,19H,4-7,14-17H2,(H,24,27). The van der Waals surface area contributed by atoms with E-state index in [9.17, 15) is 18.0 Å². The van der Waals surface area contributed by atoms with Crippen LogP contribution in [0.1, 0.15) is 36.0 Å². The van der Waals surface area contributed by atoms with Gasteiger partial charge in [0.25, 0.3) is 5.91 Å². The molecule has 0 bridgehead atoms. The van der Waals surface area contributed by atoms with Gasteiger partial charge in [-0.05, 0) is 62.1 Å². The minimum atomic E-state index is -3.61. The molecule has 2 amide bonds. The van der Waals surface area contributed by atoms with E-state index in [0.29, 0.717) is 30.6 Å². The third kappa shape index (κ3) is 4.80. The molecule has 2 fully saturated rings. The minimum Gasteiger partial charge on any atom is -0.339 e. The first kappa shape index (κ1) is 21.5. The number of benzene rings is 2. The lowest BCUT2D eigenvalue weighted by Crippen LogP contribution is -2.43. The summed E-state index contributed by atoms with van der Waals surface area (Å²) in [5.74, 6) is -0.603. The van der Waals surface area contributed by atoms with Crippen LogP contribution >= 0.6 is 0 Å². The number of nitrogens with zero attached hydrogens (tertiary/aromatic N) is 2. The Kier molecular flexibility index (Phi) is 6.38. The van der Waals surface area contributed by atoms with Crippen LogP contribution in [0.5, 0.6) is 0 Å². The number of piperidine rings is 1.